The highest BCUT2D eigenvalue weighted by Gasteiger charge is 2.16. The molecule has 1 atom stereocenters. The van der Waals surface area contributed by atoms with Crippen LogP contribution in [0.5, 0.6) is 0 Å². The third-order valence-electron chi connectivity index (χ3n) is 4.08. The molecule has 0 fully saturated rings. The third kappa shape index (κ3) is 5.99. The summed E-state index contributed by atoms with van der Waals surface area (Å²) < 4.78 is 2.02. The number of aryl methyl sites for hydroxylation is 2. The molecule has 0 aliphatic carbocycles. The van der Waals surface area contributed by atoms with Gasteiger partial charge < -0.3 is 5.73 Å². The van der Waals surface area contributed by atoms with Gasteiger partial charge in [-0.05, 0) is 19.8 Å². The average Bonchev–Trinajstić information content (AvgIpc) is 2.79. The summed E-state index contributed by atoms with van der Waals surface area (Å²) in [5, 5.41) is 5.39. The molecule has 0 spiro atoms. The molecular weight excluding hydrogens is 282 g/mol. The molecule has 0 saturated carbocycles. The van der Waals surface area contributed by atoms with E-state index in [0.717, 1.165) is 42.2 Å². The zero-order valence-corrected chi connectivity index (χ0v) is 14.8. The molecule has 0 aromatic carbocycles. The van der Waals surface area contributed by atoms with Crippen molar-refractivity contribution in [1.82, 2.24) is 9.78 Å². The van der Waals surface area contributed by atoms with Crippen LogP contribution < -0.4 is 5.73 Å². The maximum Gasteiger partial charge on any atom is 0.0850 e. The van der Waals surface area contributed by atoms with E-state index in [9.17, 15) is 0 Å². The highest BCUT2D eigenvalue weighted by atomic mass is 35.5. The van der Waals surface area contributed by atoms with Gasteiger partial charge in [0, 0.05) is 19.0 Å². The minimum Gasteiger partial charge on any atom is -0.327 e. The summed E-state index contributed by atoms with van der Waals surface area (Å²) in [5.41, 5.74) is 8.41. The molecule has 0 amide bonds. The second-order valence-electron chi connectivity index (χ2n) is 5.90. The number of hydrogen-bond acceptors (Lipinski definition) is 2. The lowest BCUT2D eigenvalue weighted by Gasteiger charge is -2.13. The molecule has 3 nitrogen and oxygen atoms in total. The number of hydrogen-bond donors (Lipinski definition) is 1. The average molecular weight is 314 g/mol. The Balaban J connectivity index is 2.40. The Morgan fingerprint density at radius 3 is 2.38 bits per heavy atom. The molecule has 0 aliphatic heterocycles. The summed E-state index contributed by atoms with van der Waals surface area (Å²) in [4.78, 5) is 0. The summed E-state index contributed by atoms with van der Waals surface area (Å²) in [7, 11) is 0. The van der Waals surface area contributed by atoms with Gasteiger partial charge in [0.15, 0.2) is 0 Å². The number of halogens is 1. The van der Waals surface area contributed by atoms with E-state index < -0.39 is 0 Å². The van der Waals surface area contributed by atoms with Gasteiger partial charge in [-0.15, -0.1) is 0 Å². The fraction of sp³-hybridized carbons (Fsp3) is 0.824. The van der Waals surface area contributed by atoms with Gasteiger partial charge in [0.25, 0.3) is 0 Å². The van der Waals surface area contributed by atoms with Crippen molar-refractivity contribution in [1.29, 1.82) is 0 Å². The van der Waals surface area contributed by atoms with Crippen molar-refractivity contribution in [2.45, 2.75) is 91.1 Å². The zero-order chi connectivity index (χ0) is 15.7. The first-order valence-electron chi connectivity index (χ1n) is 8.63. The van der Waals surface area contributed by atoms with Crippen LogP contribution in [0.4, 0.5) is 0 Å². The Kier molecular flexibility index (Phi) is 9.02. The largest absolute Gasteiger partial charge is 0.327 e. The zero-order valence-electron chi connectivity index (χ0n) is 14.0. The van der Waals surface area contributed by atoms with Crippen LogP contribution in [0.25, 0.3) is 0 Å². The highest BCUT2D eigenvalue weighted by molar-refractivity contribution is 6.31. The first kappa shape index (κ1) is 18.5. The molecule has 122 valence electrons. The van der Waals surface area contributed by atoms with Crippen LogP contribution in [0.2, 0.25) is 5.02 Å². The Morgan fingerprint density at radius 1 is 1.10 bits per heavy atom. The van der Waals surface area contributed by atoms with Crippen molar-refractivity contribution in [3.8, 4) is 0 Å². The van der Waals surface area contributed by atoms with Crippen molar-refractivity contribution in [2.75, 3.05) is 0 Å². The molecule has 21 heavy (non-hydrogen) atoms. The fourth-order valence-electron chi connectivity index (χ4n) is 2.75. The molecule has 1 rings (SSSR count). The Bertz CT molecular complexity index is 401. The van der Waals surface area contributed by atoms with Crippen LogP contribution in [-0.4, -0.2) is 15.8 Å². The predicted molar refractivity (Wildman–Crippen MR) is 92.0 cm³/mol. The Morgan fingerprint density at radius 2 is 1.76 bits per heavy atom. The molecule has 0 aliphatic rings. The Hall–Kier alpha value is -0.540. The minimum atomic E-state index is 0.195. The van der Waals surface area contributed by atoms with E-state index in [1.165, 1.54) is 38.5 Å². The van der Waals surface area contributed by atoms with Crippen molar-refractivity contribution in [3.05, 3.63) is 16.4 Å². The molecule has 1 unspecified atom stereocenters. The smallest absolute Gasteiger partial charge is 0.0850 e. The van der Waals surface area contributed by atoms with E-state index in [1.54, 1.807) is 0 Å². The maximum atomic E-state index is 6.43. The van der Waals surface area contributed by atoms with E-state index in [4.69, 9.17) is 17.3 Å². The van der Waals surface area contributed by atoms with Gasteiger partial charge in [0.2, 0.25) is 0 Å². The molecule has 0 bridgehead atoms. The van der Waals surface area contributed by atoms with E-state index >= 15 is 0 Å². The third-order valence-corrected chi connectivity index (χ3v) is 4.51. The molecule has 0 radical (unpaired) electrons. The highest BCUT2D eigenvalue weighted by Crippen LogP contribution is 2.23. The molecule has 1 heterocycles. The summed E-state index contributed by atoms with van der Waals surface area (Å²) in [6.07, 6.45) is 10.7. The summed E-state index contributed by atoms with van der Waals surface area (Å²) in [5.74, 6) is 0. The number of unbranched alkanes of at least 4 members (excludes halogenated alkanes) is 5. The van der Waals surface area contributed by atoms with Gasteiger partial charge in [0.05, 0.1) is 16.4 Å². The lowest BCUT2D eigenvalue weighted by Crippen LogP contribution is -2.24. The summed E-state index contributed by atoms with van der Waals surface area (Å²) in [6, 6.07) is 0.195. The van der Waals surface area contributed by atoms with Crippen LogP contribution in [-0.2, 0) is 19.4 Å². The van der Waals surface area contributed by atoms with E-state index in [0.29, 0.717) is 0 Å². The SMILES string of the molecule is CCCCCCCCC(N)Cc1c(Cl)c(CC)nn1CC. The van der Waals surface area contributed by atoms with Gasteiger partial charge in [-0.25, -0.2) is 0 Å². The van der Waals surface area contributed by atoms with Crippen molar-refractivity contribution in [2.24, 2.45) is 5.73 Å². The number of nitrogens with zero attached hydrogens (tertiary/aromatic N) is 2. The minimum absolute atomic E-state index is 0.195. The van der Waals surface area contributed by atoms with Gasteiger partial charge >= 0.3 is 0 Å². The lowest BCUT2D eigenvalue weighted by molar-refractivity contribution is 0.513. The topological polar surface area (TPSA) is 43.8 Å². The van der Waals surface area contributed by atoms with Crippen molar-refractivity contribution < 1.29 is 0 Å². The van der Waals surface area contributed by atoms with Gasteiger partial charge in [-0.1, -0.05) is 64.0 Å². The first-order chi connectivity index (χ1) is 10.1. The summed E-state index contributed by atoms with van der Waals surface area (Å²) >= 11 is 6.43. The van der Waals surface area contributed by atoms with E-state index in [2.05, 4.69) is 25.9 Å². The molecule has 0 saturated heterocycles. The molecule has 4 heteroatoms. The predicted octanol–water partition coefficient (Wildman–Crippen LogP) is 4.74. The lowest BCUT2D eigenvalue weighted by atomic mass is 10.0. The quantitative estimate of drug-likeness (QED) is 0.600. The molecular formula is C17H32ClN3. The summed E-state index contributed by atoms with van der Waals surface area (Å²) in [6.45, 7) is 7.31. The number of nitrogens with two attached hydrogens (primary N) is 1. The van der Waals surface area contributed by atoms with Crippen molar-refractivity contribution >= 4 is 11.6 Å². The van der Waals surface area contributed by atoms with Gasteiger partial charge in [0.1, 0.15) is 0 Å². The second-order valence-corrected chi connectivity index (χ2v) is 6.28. The van der Waals surface area contributed by atoms with Crippen molar-refractivity contribution in [3.63, 3.8) is 0 Å². The fourth-order valence-corrected chi connectivity index (χ4v) is 3.10. The maximum absolute atomic E-state index is 6.43. The van der Waals surface area contributed by atoms with Crippen LogP contribution >= 0.6 is 11.6 Å². The monoisotopic (exact) mass is 313 g/mol. The normalized spacial score (nSPS) is 12.8. The van der Waals surface area contributed by atoms with Crippen LogP contribution in [0.1, 0.15) is 77.1 Å². The molecule has 1 aromatic rings. The van der Waals surface area contributed by atoms with Gasteiger partial charge in [-0.3, -0.25) is 4.68 Å². The standard InChI is InChI=1S/C17H32ClN3/c1-4-7-8-9-10-11-12-14(19)13-16-17(18)15(5-2)20-21(16)6-3/h14H,4-13,19H2,1-3H3. The van der Waals surface area contributed by atoms with Gasteiger partial charge in [-0.2, -0.15) is 5.10 Å². The van der Waals surface area contributed by atoms with E-state index in [-0.39, 0.29) is 6.04 Å². The van der Waals surface area contributed by atoms with Crippen LogP contribution in [0.15, 0.2) is 0 Å². The van der Waals surface area contributed by atoms with E-state index in [1.807, 2.05) is 4.68 Å². The first-order valence-corrected chi connectivity index (χ1v) is 9.01. The number of aromatic nitrogens is 2. The molecule has 2 N–H and O–H groups in total. The number of rotatable bonds is 11. The van der Waals surface area contributed by atoms with Crippen LogP contribution in [0.3, 0.4) is 0 Å². The van der Waals surface area contributed by atoms with Crippen LogP contribution in [0, 0.1) is 0 Å². The Labute approximate surface area is 135 Å². The molecule has 1 aromatic heterocycles. The second kappa shape index (κ2) is 10.2.